The molecule has 2 N–H and O–H groups in total. The maximum Gasteiger partial charge on any atom is 3.00 e. The Bertz CT molecular complexity index is 36.3. The van der Waals surface area contributed by atoms with Crippen LogP contribution in [0.25, 0.3) is 0 Å². The van der Waals surface area contributed by atoms with Crippen molar-refractivity contribution in [1.29, 1.82) is 0 Å². The monoisotopic (exact) mass is 150 g/mol. The van der Waals surface area contributed by atoms with E-state index in [-0.39, 0.29) is 33.8 Å². The SMILES string of the molecule is CC(C)O.CC(C)O.[Al+3].[H-].[H-].[H-]. The van der Waals surface area contributed by atoms with Crippen LogP contribution in [0.15, 0.2) is 0 Å². The van der Waals surface area contributed by atoms with Crippen LogP contribution in [-0.2, 0) is 0 Å². The van der Waals surface area contributed by atoms with E-state index in [0.717, 1.165) is 0 Å². The summed E-state index contributed by atoms with van der Waals surface area (Å²) in [7, 11) is 0. The minimum Gasteiger partial charge on any atom is -1.00 e. The number of aliphatic hydroxyl groups is 2. The first-order valence-corrected chi connectivity index (χ1v) is 2.83. The van der Waals surface area contributed by atoms with E-state index in [4.69, 9.17) is 10.2 Å². The van der Waals surface area contributed by atoms with Crippen LogP contribution in [0.4, 0.5) is 0 Å². The minimum atomic E-state index is -0.167. The number of aliphatic hydroxyl groups excluding tert-OH is 2. The van der Waals surface area contributed by atoms with Crippen LogP contribution >= 0.6 is 0 Å². The molecule has 0 aliphatic heterocycles. The summed E-state index contributed by atoms with van der Waals surface area (Å²) >= 11 is 0. The van der Waals surface area contributed by atoms with Gasteiger partial charge in [-0.3, -0.25) is 0 Å². The van der Waals surface area contributed by atoms with Crippen LogP contribution in [0.3, 0.4) is 0 Å². The zero-order valence-electron chi connectivity index (χ0n) is 9.63. The second kappa shape index (κ2) is 11.3. The second-order valence-electron chi connectivity index (χ2n) is 2.19. The summed E-state index contributed by atoms with van der Waals surface area (Å²) in [5, 5.41) is 16.1. The van der Waals surface area contributed by atoms with Crippen molar-refractivity contribution < 1.29 is 14.5 Å². The molecular formula is C6H19AlO2. The fourth-order valence-corrected chi connectivity index (χ4v) is 0. The van der Waals surface area contributed by atoms with Gasteiger partial charge in [0.1, 0.15) is 0 Å². The van der Waals surface area contributed by atoms with Gasteiger partial charge in [0.2, 0.25) is 0 Å². The van der Waals surface area contributed by atoms with Crippen LogP contribution < -0.4 is 0 Å². The molecule has 0 radical (unpaired) electrons. The zero-order chi connectivity index (χ0) is 7.15. The molecule has 0 amide bonds. The van der Waals surface area contributed by atoms with Crippen LogP contribution in [-0.4, -0.2) is 39.8 Å². The Kier molecular flexibility index (Phi) is 20.3. The predicted molar refractivity (Wildman–Crippen MR) is 43.8 cm³/mol. The van der Waals surface area contributed by atoms with Gasteiger partial charge in [-0.1, -0.05) is 0 Å². The van der Waals surface area contributed by atoms with Gasteiger partial charge in [-0.05, 0) is 27.7 Å². The van der Waals surface area contributed by atoms with Crippen molar-refractivity contribution >= 4 is 17.4 Å². The Morgan fingerprint density at radius 3 is 0.889 bits per heavy atom. The molecule has 0 aliphatic rings. The molecule has 3 heteroatoms. The fourth-order valence-electron chi connectivity index (χ4n) is 0. The summed E-state index contributed by atoms with van der Waals surface area (Å²) < 4.78 is 0. The predicted octanol–water partition coefficient (Wildman–Crippen LogP) is 0.731. The van der Waals surface area contributed by atoms with Crippen molar-refractivity contribution in [3.8, 4) is 0 Å². The van der Waals surface area contributed by atoms with Gasteiger partial charge in [0, 0.05) is 12.2 Å². The first kappa shape index (κ1) is 16.2. The van der Waals surface area contributed by atoms with Gasteiger partial charge in [-0.2, -0.15) is 0 Å². The standard InChI is InChI=1S/2C3H8O.Al.3H/c2*1-3(2)4;;;;/h2*3-4H,1-2H3;;;;/q;;+3;3*-1. The normalized spacial score (nSPS) is 8.00. The molecule has 0 atom stereocenters. The third-order valence-corrected chi connectivity index (χ3v) is 0. The molecule has 0 rings (SSSR count). The molecule has 0 saturated heterocycles. The van der Waals surface area contributed by atoms with Gasteiger partial charge < -0.3 is 14.5 Å². The van der Waals surface area contributed by atoms with Crippen molar-refractivity contribution in [3.05, 3.63) is 0 Å². The molecule has 9 heavy (non-hydrogen) atoms. The van der Waals surface area contributed by atoms with Crippen molar-refractivity contribution in [2.24, 2.45) is 0 Å². The van der Waals surface area contributed by atoms with Crippen molar-refractivity contribution in [2.75, 3.05) is 0 Å². The van der Waals surface area contributed by atoms with E-state index in [9.17, 15) is 0 Å². The van der Waals surface area contributed by atoms with E-state index in [1.807, 2.05) is 0 Å². The van der Waals surface area contributed by atoms with Crippen molar-refractivity contribution in [3.63, 3.8) is 0 Å². The van der Waals surface area contributed by atoms with Crippen LogP contribution in [0.2, 0.25) is 0 Å². The quantitative estimate of drug-likeness (QED) is 0.500. The maximum atomic E-state index is 8.06. The third-order valence-electron chi connectivity index (χ3n) is 0. The molecule has 0 aromatic heterocycles. The number of rotatable bonds is 0. The molecule has 0 aromatic rings. The first-order valence-electron chi connectivity index (χ1n) is 2.83. The fraction of sp³-hybridized carbons (Fsp3) is 1.00. The molecule has 0 aromatic carbocycles. The minimum absolute atomic E-state index is 0. The summed E-state index contributed by atoms with van der Waals surface area (Å²) in [6, 6.07) is 0. The van der Waals surface area contributed by atoms with Crippen LogP contribution in [0.5, 0.6) is 0 Å². The van der Waals surface area contributed by atoms with E-state index in [1.165, 1.54) is 0 Å². The summed E-state index contributed by atoms with van der Waals surface area (Å²) in [5.74, 6) is 0. The molecule has 2 nitrogen and oxygen atoms in total. The summed E-state index contributed by atoms with van der Waals surface area (Å²) in [6.07, 6.45) is -0.333. The average molecular weight is 150 g/mol. The Labute approximate surface area is 72.5 Å². The first-order chi connectivity index (χ1) is 3.46. The van der Waals surface area contributed by atoms with E-state index in [0.29, 0.717) is 0 Å². The number of hydrogen-bond donors (Lipinski definition) is 2. The molecule has 0 bridgehead atoms. The molecule has 0 fully saturated rings. The third kappa shape index (κ3) is 1720. The average Bonchev–Trinajstić information content (AvgIpc) is 1.25. The van der Waals surface area contributed by atoms with Gasteiger partial charge in [0.15, 0.2) is 0 Å². The van der Waals surface area contributed by atoms with Gasteiger partial charge in [-0.15, -0.1) is 0 Å². The largest absolute Gasteiger partial charge is 3.00 e. The molecular weight excluding hydrogens is 131 g/mol. The van der Waals surface area contributed by atoms with Crippen molar-refractivity contribution in [2.45, 2.75) is 39.9 Å². The number of hydrogen-bond acceptors (Lipinski definition) is 2. The van der Waals surface area contributed by atoms with Gasteiger partial charge in [0.05, 0.1) is 0 Å². The Balaban J connectivity index is -0.0000000112. The second-order valence-corrected chi connectivity index (χ2v) is 2.19. The van der Waals surface area contributed by atoms with Crippen LogP contribution in [0, 0.1) is 0 Å². The summed E-state index contributed by atoms with van der Waals surface area (Å²) in [6.45, 7) is 6.89. The summed E-state index contributed by atoms with van der Waals surface area (Å²) in [5.41, 5.74) is 0. The molecule has 0 saturated carbocycles. The van der Waals surface area contributed by atoms with Gasteiger partial charge in [-0.25, -0.2) is 0 Å². The molecule has 58 valence electrons. The topological polar surface area (TPSA) is 40.5 Å². The Morgan fingerprint density at radius 1 is 0.889 bits per heavy atom. The zero-order valence-corrected chi connectivity index (χ0v) is 7.78. The van der Waals surface area contributed by atoms with E-state index in [1.54, 1.807) is 27.7 Å². The van der Waals surface area contributed by atoms with E-state index >= 15 is 0 Å². The molecule has 0 heterocycles. The van der Waals surface area contributed by atoms with Crippen LogP contribution in [0.1, 0.15) is 32.0 Å². The van der Waals surface area contributed by atoms with E-state index in [2.05, 4.69) is 0 Å². The molecule has 0 unspecified atom stereocenters. The Hall–Kier alpha value is 0.452. The van der Waals surface area contributed by atoms with E-state index < -0.39 is 0 Å². The van der Waals surface area contributed by atoms with Gasteiger partial charge >= 0.3 is 17.4 Å². The van der Waals surface area contributed by atoms with Gasteiger partial charge in [0.25, 0.3) is 0 Å². The smallest absolute Gasteiger partial charge is 1.00 e. The molecule has 0 spiro atoms. The van der Waals surface area contributed by atoms with Crippen molar-refractivity contribution in [1.82, 2.24) is 0 Å². The molecule has 0 aliphatic carbocycles. The maximum absolute atomic E-state index is 8.06. The summed E-state index contributed by atoms with van der Waals surface area (Å²) in [4.78, 5) is 0. The Morgan fingerprint density at radius 2 is 0.889 bits per heavy atom.